The fourth-order valence-electron chi connectivity index (χ4n) is 6.85. The summed E-state index contributed by atoms with van der Waals surface area (Å²) in [4.78, 5) is 69.2. The highest BCUT2D eigenvalue weighted by Crippen LogP contribution is 2.41. The summed E-state index contributed by atoms with van der Waals surface area (Å²) in [5.74, 6) is 2.68. The predicted octanol–water partition coefficient (Wildman–Crippen LogP) is 5.32. The lowest BCUT2D eigenvalue weighted by molar-refractivity contribution is -0.112. The number of hydrogen-bond acceptors (Lipinski definition) is 21. The van der Waals surface area contributed by atoms with Crippen molar-refractivity contribution in [1.29, 1.82) is 0 Å². The Bertz CT molecular complexity index is 2180. The number of methoxy groups -OCH3 is 4. The normalized spacial score (nSPS) is 13.9. The minimum atomic E-state index is -0.355. The molecular weight excluding hydrogens is 911 g/mol. The molecule has 0 aliphatic carbocycles. The molecule has 4 aromatic heterocycles. The summed E-state index contributed by atoms with van der Waals surface area (Å²) in [5.41, 5.74) is 5.59. The molecule has 0 unspecified atom stereocenters. The van der Waals surface area contributed by atoms with E-state index in [1.165, 1.54) is 61.4 Å². The fourth-order valence-corrected chi connectivity index (χ4v) is 8.60. The van der Waals surface area contributed by atoms with E-state index in [9.17, 15) is 9.59 Å². The van der Waals surface area contributed by atoms with E-state index in [0.717, 1.165) is 84.8 Å². The average Bonchev–Trinajstić information content (AvgIpc) is 3.36. The Balaban J connectivity index is 0.000000292. The SMILES string of the molecule is C.C=CC(=O)Nc1ccnc(Sc2c(OC)nc(N3CCN(CCCCCC)CC3)nc2OC)n1.C=CC(=O)Nc1ccnc(Sc2c(OC)nc(N3CCN(CCCCN)CC3)nc2OC)n1. The quantitative estimate of drug-likeness (QED) is 0.0484. The largest absolute Gasteiger partial charge is 0.480 e. The molecule has 23 heteroatoms. The topological polar surface area (TPSA) is 237 Å². The monoisotopic (exact) mass is 977 g/mol. The number of amides is 2. The van der Waals surface area contributed by atoms with Crippen molar-refractivity contribution >= 4 is 58.9 Å². The van der Waals surface area contributed by atoms with E-state index in [4.69, 9.17) is 24.7 Å². The van der Waals surface area contributed by atoms with Crippen LogP contribution in [0.25, 0.3) is 0 Å². The fraction of sp³-hybridized carbons (Fsp3) is 0.511. The van der Waals surface area contributed by atoms with Crippen LogP contribution in [0.5, 0.6) is 23.5 Å². The number of anilines is 4. The number of nitrogens with two attached hydrogens (primary N) is 1. The summed E-state index contributed by atoms with van der Waals surface area (Å²) >= 11 is 2.40. The minimum absolute atomic E-state index is 0. The first-order chi connectivity index (χ1) is 32.6. The van der Waals surface area contributed by atoms with Crippen LogP contribution in [0.4, 0.5) is 23.5 Å². The Morgan fingerprint density at radius 3 is 1.34 bits per heavy atom. The summed E-state index contributed by atoms with van der Waals surface area (Å²) in [7, 11) is 6.22. The summed E-state index contributed by atoms with van der Waals surface area (Å²) in [6.45, 7) is 19.2. The van der Waals surface area contributed by atoms with Gasteiger partial charge in [-0.3, -0.25) is 19.4 Å². The molecule has 21 nitrogen and oxygen atoms in total. The number of carbonyl (C=O) groups is 2. The molecule has 68 heavy (non-hydrogen) atoms. The zero-order chi connectivity index (χ0) is 48.0. The van der Waals surface area contributed by atoms with Crippen molar-refractivity contribution in [2.75, 3.05) is 121 Å². The van der Waals surface area contributed by atoms with Gasteiger partial charge in [-0.2, -0.15) is 19.9 Å². The van der Waals surface area contributed by atoms with Crippen LogP contribution < -0.4 is 45.1 Å². The van der Waals surface area contributed by atoms with Crippen LogP contribution in [0, 0.1) is 0 Å². The van der Waals surface area contributed by atoms with E-state index in [1.807, 2.05) is 0 Å². The van der Waals surface area contributed by atoms with Crippen molar-refractivity contribution in [3.8, 4) is 23.5 Å². The standard InChI is InChI=1S/C23H33N7O3S.C21H30N8O3S.CH4/c1-5-7-8-9-12-29-13-15-30(16-14-29)22-27-20(32-3)19(21(28-22)33-4)34-23-24-11-10-17(26-23)25-18(31)6-2;1-4-16(30)24-15-7-9-23-21(25-15)33-17-18(31-2)26-20(27-19(17)32-3)29-13-11-28(12-14-29)10-6-5-8-22;/h6,10-11H,2,5,7-9,12-16H2,1,3-4H3,(H,24,25,26,31);4,7,9H,1,5-6,8,10-14,22H2,2-3H3,(H,23,24,25,30);1H4. The molecule has 2 aliphatic rings. The third kappa shape index (κ3) is 16.4. The van der Waals surface area contributed by atoms with Crippen LogP contribution in [-0.4, -0.2) is 162 Å². The number of nitrogens with one attached hydrogen (secondary N) is 2. The molecule has 4 aromatic rings. The van der Waals surface area contributed by atoms with Gasteiger partial charge >= 0.3 is 0 Å². The van der Waals surface area contributed by atoms with Gasteiger partial charge in [0.05, 0.1) is 28.4 Å². The van der Waals surface area contributed by atoms with Crippen molar-refractivity contribution in [2.24, 2.45) is 5.73 Å². The number of piperazine rings is 2. The van der Waals surface area contributed by atoms with Gasteiger partial charge < -0.3 is 45.1 Å². The molecule has 2 amide bonds. The van der Waals surface area contributed by atoms with Gasteiger partial charge in [0.15, 0.2) is 10.3 Å². The van der Waals surface area contributed by atoms with Crippen molar-refractivity contribution < 1.29 is 28.5 Å². The van der Waals surface area contributed by atoms with Crippen molar-refractivity contribution in [3.63, 3.8) is 0 Å². The van der Waals surface area contributed by atoms with E-state index in [1.54, 1.807) is 53.0 Å². The first-order valence-corrected chi connectivity index (χ1v) is 23.8. The number of nitrogens with zero attached hydrogens (tertiary/aromatic N) is 12. The molecule has 6 heterocycles. The van der Waals surface area contributed by atoms with Gasteiger partial charge in [-0.15, -0.1) is 0 Å². The highest BCUT2D eigenvalue weighted by atomic mass is 32.2. The smallest absolute Gasteiger partial charge is 0.248 e. The molecule has 6 rings (SSSR count). The van der Waals surface area contributed by atoms with Gasteiger partial charge in [-0.25, -0.2) is 19.9 Å². The maximum absolute atomic E-state index is 11.6. The number of unbranched alkanes of at least 4 members (excludes halogenated alkanes) is 4. The summed E-state index contributed by atoms with van der Waals surface area (Å²) < 4.78 is 22.2. The van der Waals surface area contributed by atoms with E-state index < -0.39 is 0 Å². The minimum Gasteiger partial charge on any atom is -0.480 e. The van der Waals surface area contributed by atoms with Crippen LogP contribution in [-0.2, 0) is 9.59 Å². The first kappa shape index (κ1) is 54.7. The highest BCUT2D eigenvalue weighted by Gasteiger charge is 2.26. The average molecular weight is 978 g/mol. The van der Waals surface area contributed by atoms with Crippen molar-refractivity contribution in [3.05, 3.63) is 49.8 Å². The Labute approximate surface area is 408 Å². The molecule has 4 N–H and O–H groups in total. The molecule has 0 saturated carbocycles. The molecule has 0 aromatic carbocycles. The Morgan fingerprint density at radius 1 is 0.618 bits per heavy atom. The molecule has 2 aliphatic heterocycles. The molecule has 0 spiro atoms. The van der Waals surface area contributed by atoms with E-state index in [-0.39, 0.29) is 19.2 Å². The lowest BCUT2D eigenvalue weighted by Crippen LogP contribution is -2.47. The Kier molecular flexibility index (Phi) is 23.4. The molecule has 370 valence electrons. The summed E-state index contributed by atoms with van der Waals surface area (Å²) in [6.07, 6.45) is 12.7. The second-order valence-corrected chi connectivity index (χ2v) is 17.0. The first-order valence-electron chi connectivity index (χ1n) is 22.2. The number of ether oxygens (including phenoxy) is 4. The third-order valence-electron chi connectivity index (χ3n) is 10.5. The van der Waals surface area contributed by atoms with Crippen molar-refractivity contribution in [1.82, 2.24) is 49.7 Å². The van der Waals surface area contributed by atoms with E-state index in [0.29, 0.717) is 67.2 Å². The number of hydrogen-bond donors (Lipinski definition) is 3. The maximum atomic E-state index is 11.6. The van der Waals surface area contributed by atoms with Crippen molar-refractivity contribution in [2.45, 2.75) is 73.0 Å². The number of carbonyl (C=O) groups excluding carboxylic acids is 2. The van der Waals surface area contributed by atoms with E-state index in [2.05, 4.69) is 90.2 Å². The highest BCUT2D eigenvalue weighted by molar-refractivity contribution is 7.99. The van der Waals surface area contributed by atoms with Gasteiger partial charge in [0.1, 0.15) is 21.4 Å². The second-order valence-electron chi connectivity index (χ2n) is 15.0. The molecule has 0 atom stereocenters. The van der Waals surface area contributed by atoms with Gasteiger partial charge in [0.25, 0.3) is 0 Å². The van der Waals surface area contributed by atoms with E-state index >= 15 is 0 Å². The third-order valence-corrected chi connectivity index (χ3v) is 12.3. The molecule has 0 radical (unpaired) electrons. The predicted molar refractivity (Wildman–Crippen MR) is 267 cm³/mol. The molecule has 2 fully saturated rings. The van der Waals surface area contributed by atoms with Gasteiger partial charge in [0.2, 0.25) is 47.2 Å². The Morgan fingerprint density at radius 2 is 1.00 bits per heavy atom. The lowest BCUT2D eigenvalue weighted by Gasteiger charge is -2.35. The maximum Gasteiger partial charge on any atom is 0.248 e. The molecular formula is C45H67N15O6S2. The van der Waals surface area contributed by atoms with Crippen LogP contribution in [0.1, 0.15) is 52.9 Å². The van der Waals surface area contributed by atoms with Crippen LogP contribution >= 0.6 is 23.5 Å². The lowest BCUT2D eigenvalue weighted by atomic mass is 10.2. The van der Waals surface area contributed by atoms with Gasteiger partial charge in [0, 0.05) is 64.8 Å². The van der Waals surface area contributed by atoms with Gasteiger partial charge in [-0.1, -0.05) is 46.8 Å². The zero-order valence-electron chi connectivity index (χ0n) is 39.1. The van der Waals surface area contributed by atoms with Crippen LogP contribution in [0.15, 0.2) is 69.9 Å². The number of rotatable bonds is 23. The molecule has 2 saturated heterocycles. The Hall–Kier alpha value is -5.88. The number of aromatic nitrogens is 8. The second kappa shape index (κ2) is 29.1. The summed E-state index contributed by atoms with van der Waals surface area (Å²) in [5, 5.41) is 6.02. The van der Waals surface area contributed by atoms with Crippen LogP contribution in [0.3, 0.4) is 0 Å². The van der Waals surface area contributed by atoms with Crippen LogP contribution in [0.2, 0.25) is 0 Å². The van der Waals surface area contributed by atoms with Gasteiger partial charge in [-0.05, 0) is 86.7 Å². The summed E-state index contributed by atoms with van der Waals surface area (Å²) in [6, 6.07) is 3.19. The zero-order valence-corrected chi connectivity index (χ0v) is 40.7. The molecule has 0 bridgehead atoms.